The highest BCUT2D eigenvalue weighted by Crippen LogP contribution is 2.33. The molecule has 2 aliphatic rings. The summed E-state index contributed by atoms with van der Waals surface area (Å²) in [5.74, 6) is 0.868. The fraction of sp³-hybridized carbons (Fsp3) is 0.417. The molecule has 0 saturated carbocycles. The highest BCUT2D eigenvalue weighted by atomic mass is 16.2. The van der Waals surface area contributed by atoms with Crippen molar-refractivity contribution in [3.8, 4) is 0 Å². The number of hydrogen-bond donors (Lipinski definition) is 0. The average Bonchev–Trinajstić information content (AvgIpc) is 3.17. The second-order valence-electron chi connectivity index (χ2n) is 8.24. The molecule has 2 aromatic rings. The third-order valence-corrected chi connectivity index (χ3v) is 5.97. The number of rotatable bonds is 4. The van der Waals surface area contributed by atoms with Crippen LogP contribution in [0.1, 0.15) is 48.9 Å². The minimum atomic E-state index is -0.0213. The summed E-state index contributed by atoms with van der Waals surface area (Å²) < 4.78 is 0. The van der Waals surface area contributed by atoms with E-state index in [0.717, 1.165) is 42.3 Å². The smallest absolute Gasteiger partial charge is 0.257 e. The highest BCUT2D eigenvalue weighted by molar-refractivity contribution is 6.03. The fourth-order valence-corrected chi connectivity index (χ4v) is 4.08. The molecular formula is C24H29N3O. The predicted molar refractivity (Wildman–Crippen MR) is 113 cm³/mol. The Labute approximate surface area is 167 Å². The summed E-state index contributed by atoms with van der Waals surface area (Å²) in [5.41, 5.74) is 4.47. The Morgan fingerprint density at radius 1 is 1.04 bits per heavy atom. The van der Waals surface area contributed by atoms with Crippen molar-refractivity contribution in [3.63, 3.8) is 0 Å². The van der Waals surface area contributed by atoms with E-state index < -0.39 is 0 Å². The third-order valence-electron chi connectivity index (χ3n) is 5.97. The van der Waals surface area contributed by atoms with E-state index >= 15 is 0 Å². The summed E-state index contributed by atoms with van der Waals surface area (Å²) in [6.07, 6.45) is 3.11. The molecule has 1 saturated heterocycles. The zero-order valence-corrected chi connectivity index (χ0v) is 16.8. The molecule has 1 atom stereocenters. The van der Waals surface area contributed by atoms with Crippen LogP contribution in [-0.4, -0.2) is 41.2 Å². The molecule has 1 fully saturated rings. The Bertz CT molecular complexity index is 836. The molecule has 0 unspecified atom stereocenters. The maximum Gasteiger partial charge on any atom is 0.257 e. The van der Waals surface area contributed by atoms with Gasteiger partial charge < -0.3 is 0 Å². The molecule has 0 aliphatic carbocycles. The van der Waals surface area contributed by atoms with Gasteiger partial charge in [-0.15, -0.1) is 0 Å². The second-order valence-corrected chi connectivity index (χ2v) is 8.24. The SMILES string of the molecule is Cc1ccc([C@@H]2CC(c3ccccc3)=NN2C(=O)CN2CCC(C)CC2)cc1. The quantitative estimate of drug-likeness (QED) is 0.794. The number of amides is 1. The Kier molecular flexibility index (Phi) is 5.58. The van der Waals surface area contributed by atoms with E-state index in [0.29, 0.717) is 6.54 Å². The van der Waals surface area contributed by atoms with Gasteiger partial charge in [0.1, 0.15) is 0 Å². The van der Waals surface area contributed by atoms with Crippen LogP contribution in [0.3, 0.4) is 0 Å². The molecule has 1 amide bonds. The number of carbonyl (C=O) groups is 1. The number of piperidine rings is 1. The largest absolute Gasteiger partial charge is 0.294 e. The van der Waals surface area contributed by atoms with Crippen molar-refractivity contribution in [2.45, 2.75) is 39.2 Å². The standard InChI is InChI=1S/C24H29N3O/c1-18-8-10-21(11-9-18)23-16-22(20-6-4-3-5-7-20)25-27(23)24(28)17-26-14-12-19(2)13-15-26/h3-11,19,23H,12-17H2,1-2H3/t23-/m0/s1. The molecule has 0 N–H and O–H groups in total. The third kappa shape index (κ3) is 4.17. The molecule has 2 aliphatic heterocycles. The molecule has 4 nitrogen and oxygen atoms in total. The van der Waals surface area contributed by atoms with Gasteiger partial charge in [-0.25, -0.2) is 5.01 Å². The number of benzene rings is 2. The van der Waals surface area contributed by atoms with E-state index in [1.807, 2.05) is 18.2 Å². The van der Waals surface area contributed by atoms with E-state index in [1.165, 1.54) is 18.4 Å². The first kappa shape index (κ1) is 18.9. The first-order valence-corrected chi connectivity index (χ1v) is 10.3. The van der Waals surface area contributed by atoms with Crippen LogP contribution in [0.4, 0.5) is 0 Å². The summed E-state index contributed by atoms with van der Waals surface area (Å²) in [6, 6.07) is 18.7. The van der Waals surface area contributed by atoms with Crippen molar-refractivity contribution in [1.29, 1.82) is 0 Å². The van der Waals surface area contributed by atoms with Crippen molar-refractivity contribution < 1.29 is 4.79 Å². The number of likely N-dealkylation sites (tertiary alicyclic amines) is 1. The lowest BCUT2D eigenvalue weighted by Gasteiger charge is -2.31. The monoisotopic (exact) mass is 375 g/mol. The number of hydrazone groups is 1. The molecular weight excluding hydrogens is 346 g/mol. The fourth-order valence-electron chi connectivity index (χ4n) is 4.08. The Morgan fingerprint density at radius 2 is 1.71 bits per heavy atom. The first-order valence-electron chi connectivity index (χ1n) is 10.3. The molecule has 2 aromatic carbocycles. The van der Waals surface area contributed by atoms with Crippen LogP contribution >= 0.6 is 0 Å². The van der Waals surface area contributed by atoms with Crippen LogP contribution in [0.2, 0.25) is 0 Å². The summed E-state index contributed by atoms with van der Waals surface area (Å²) >= 11 is 0. The Balaban J connectivity index is 1.56. The summed E-state index contributed by atoms with van der Waals surface area (Å²) in [6.45, 7) is 6.85. The van der Waals surface area contributed by atoms with Crippen LogP contribution in [0.25, 0.3) is 0 Å². The normalized spacial score (nSPS) is 21.0. The predicted octanol–water partition coefficient (Wildman–Crippen LogP) is 4.40. The summed E-state index contributed by atoms with van der Waals surface area (Å²) in [5, 5.41) is 6.53. The summed E-state index contributed by atoms with van der Waals surface area (Å²) in [4.78, 5) is 15.5. The number of aryl methyl sites for hydroxylation is 1. The van der Waals surface area contributed by atoms with Gasteiger partial charge in [0.15, 0.2) is 0 Å². The molecule has 146 valence electrons. The zero-order chi connectivity index (χ0) is 19.5. The van der Waals surface area contributed by atoms with Crippen molar-refractivity contribution in [2.75, 3.05) is 19.6 Å². The molecule has 4 heteroatoms. The minimum Gasteiger partial charge on any atom is -0.294 e. The second kappa shape index (κ2) is 8.27. The molecule has 4 rings (SSSR count). The lowest BCUT2D eigenvalue weighted by Crippen LogP contribution is -2.41. The zero-order valence-electron chi connectivity index (χ0n) is 16.8. The van der Waals surface area contributed by atoms with Crippen LogP contribution in [0, 0.1) is 12.8 Å². The maximum absolute atomic E-state index is 13.2. The van der Waals surface area contributed by atoms with E-state index in [-0.39, 0.29) is 11.9 Å². The minimum absolute atomic E-state index is 0.0213. The summed E-state index contributed by atoms with van der Waals surface area (Å²) in [7, 11) is 0. The van der Waals surface area contributed by atoms with Crippen molar-refractivity contribution in [2.24, 2.45) is 11.0 Å². The van der Waals surface area contributed by atoms with Gasteiger partial charge in [0.05, 0.1) is 18.3 Å². The van der Waals surface area contributed by atoms with Gasteiger partial charge in [-0.3, -0.25) is 9.69 Å². The van der Waals surface area contributed by atoms with Gasteiger partial charge in [-0.1, -0.05) is 67.1 Å². The lowest BCUT2D eigenvalue weighted by molar-refractivity contribution is -0.134. The first-order chi connectivity index (χ1) is 13.6. The van der Waals surface area contributed by atoms with Crippen molar-refractivity contribution in [3.05, 3.63) is 71.3 Å². The van der Waals surface area contributed by atoms with Crippen molar-refractivity contribution in [1.82, 2.24) is 9.91 Å². The lowest BCUT2D eigenvalue weighted by atomic mass is 9.97. The number of hydrogen-bond acceptors (Lipinski definition) is 3. The number of carbonyl (C=O) groups excluding carboxylic acids is 1. The van der Waals surface area contributed by atoms with E-state index in [1.54, 1.807) is 5.01 Å². The number of nitrogens with zero attached hydrogens (tertiary/aromatic N) is 3. The van der Waals surface area contributed by atoms with Crippen LogP contribution in [-0.2, 0) is 4.79 Å². The highest BCUT2D eigenvalue weighted by Gasteiger charge is 2.34. The molecule has 0 spiro atoms. The molecule has 0 aromatic heterocycles. The van der Waals surface area contributed by atoms with Gasteiger partial charge in [-0.2, -0.15) is 5.10 Å². The van der Waals surface area contributed by atoms with Gasteiger partial charge in [-0.05, 0) is 49.9 Å². The van der Waals surface area contributed by atoms with Gasteiger partial charge in [0, 0.05) is 6.42 Å². The van der Waals surface area contributed by atoms with Gasteiger partial charge in [0.25, 0.3) is 5.91 Å². The van der Waals surface area contributed by atoms with E-state index in [9.17, 15) is 4.79 Å². The van der Waals surface area contributed by atoms with Crippen molar-refractivity contribution >= 4 is 11.6 Å². The van der Waals surface area contributed by atoms with Crippen LogP contribution < -0.4 is 0 Å². The molecule has 28 heavy (non-hydrogen) atoms. The van der Waals surface area contributed by atoms with Gasteiger partial charge >= 0.3 is 0 Å². The molecule has 2 heterocycles. The Hall–Kier alpha value is -2.46. The topological polar surface area (TPSA) is 35.9 Å². The van der Waals surface area contributed by atoms with E-state index in [2.05, 4.69) is 55.1 Å². The Morgan fingerprint density at radius 3 is 2.39 bits per heavy atom. The molecule has 0 radical (unpaired) electrons. The van der Waals surface area contributed by atoms with Crippen LogP contribution in [0.5, 0.6) is 0 Å². The average molecular weight is 376 g/mol. The molecule has 0 bridgehead atoms. The van der Waals surface area contributed by atoms with Gasteiger partial charge in [0.2, 0.25) is 0 Å². The van der Waals surface area contributed by atoms with E-state index in [4.69, 9.17) is 5.10 Å². The maximum atomic E-state index is 13.2. The van der Waals surface area contributed by atoms with Crippen LogP contribution in [0.15, 0.2) is 59.7 Å².